The van der Waals surface area contributed by atoms with E-state index in [9.17, 15) is 18.0 Å². The molecular formula is C21H27ClF3N3O3Si. The van der Waals surface area contributed by atoms with Gasteiger partial charge in [-0.2, -0.15) is 18.2 Å². The number of benzene rings is 1. The van der Waals surface area contributed by atoms with E-state index in [0.717, 1.165) is 12.1 Å². The van der Waals surface area contributed by atoms with Crippen LogP contribution >= 0.6 is 11.6 Å². The number of rotatable bonds is 6. The highest BCUT2D eigenvalue weighted by atomic mass is 35.5. The van der Waals surface area contributed by atoms with Gasteiger partial charge < -0.3 is 9.47 Å². The number of halogens is 4. The first-order valence-corrected chi connectivity index (χ1v) is 14.0. The topological polar surface area (TPSA) is 73.3 Å². The van der Waals surface area contributed by atoms with Crippen molar-refractivity contribution in [1.29, 1.82) is 0 Å². The minimum atomic E-state index is -4.62. The van der Waals surface area contributed by atoms with Gasteiger partial charge in [0.15, 0.2) is 5.82 Å². The zero-order valence-corrected chi connectivity index (χ0v) is 20.6. The van der Waals surface area contributed by atoms with Gasteiger partial charge in [0.1, 0.15) is 11.3 Å². The van der Waals surface area contributed by atoms with Gasteiger partial charge in [-0.3, -0.25) is 5.32 Å². The summed E-state index contributed by atoms with van der Waals surface area (Å²) in [6, 6.07) is 4.31. The van der Waals surface area contributed by atoms with Crippen molar-refractivity contribution in [2.75, 3.05) is 11.9 Å². The Morgan fingerprint density at radius 3 is 2.41 bits per heavy atom. The molecule has 0 saturated carbocycles. The smallest absolute Gasteiger partial charge is 0.417 e. The molecule has 2 rings (SSSR count). The number of alkyl halides is 3. The second kappa shape index (κ2) is 9.66. The molecule has 0 fully saturated rings. The zero-order chi connectivity index (χ0) is 24.3. The number of nitrogens with one attached hydrogen (secondary N) is 1. The van der Waals surface area contributed by atoms with Crippen molar-refractivity contribution in [2.45, 2.75) is 58.2 Å². The largest absolute Gasteiger partial charge is 0.476 e. The fourth-order valence-corrected chi connectivity index (χ4v) is 3.51. The number of carbonyl (C=O) groups is 1. The fraction of sp³-hybridized carbons (Fsp3) is 0.476. The number of ether oxygens (including phenoxy) is 2. The van der Waals surface area contributed by atoms with Crippen LogP contribution in [-0.2, 0) is 10.9 Å². The Bertz CT molecular complexity index is 973. The molecule has 0 aliphatic carbocycles. The van der Waals surface area contributed by atoms with Crippen molar-refractivity contribution in [3.8, 4) is 17.3 Å². The highest BCUT2D eigenvalue weighted by Crippen LogP contribution is 2.39. The molecule has 0 atom stereocenters. The van der Waals surface area contributed by atoms with E-state index in [4.69, 9.17) is 21.1 Å². The third-order valence-corrected chi connectivity index (χ3v) is 6.14. The first kappa shape index (κ1) is 25.9. The minimum Gasteiger partial charge on any atom is -0.476 e. The summed E-state index contributed by atoms with van der Waals surface area (Å²) in [5.41, 5.74) is -1.57. The quantitative estimate of drug-likeness (QED) is 0.448. The van der Waals surface area contributed by atoms with Crippen LogP contribution in [0.4, 0.5) is 23.7 Å². The normalized spacial score (nSPS) is 12.4. The summed E-state index contributed by atoms with van der Waals surface area (Å²) in [5.74, 6) is -0.0357. The summed E-state index contributed by atoms with van der Waals surface area (Å²) in [7, 11) is -1.43. The zero-order valence-electron chi connectivity index (χ0n) is 18.9. The van der Waals surface area contributed by atoms with Crippen LogP contribution in [-0.4, -0.2) is 36.3 Å². The average molecular weight is 490 g/mol. The molecule has 2 aromatic rings. The molecule has 0 spiro atoms. The van der Waals surface area contributed by atoms with E-state index in [1.807, 2.05) is 0 Å². The number of carbonyl (C=O) groups excluding carboxylic acids is 1. The molecule has 1 aromatic heterocycles. The summed E-state index contributed by atoms with van der Waals surface area (Å²) in [5, 5.41) is 2.02. The first-order valence-electron chi connectivity index (χ1n) is 9.93. The maximum atomic E-state index is 13.2. The summed E-state index contributed by atoms with van der Waals surface area (Å²) in [6.45, 7) is 12.0. The molecule has 6 nitrogen and oxygen atoms in total. The summed E-state index contributed by atoms with van der Waals surface area (Å²) >= 11 is 6.02. The predicted molar refractivity (Wildman–Crippen MR) is 121 cm³/mol. The molecule has 0 unspecified atom stereocenters. The van der Waals surface area contributed by atoms with Gasteiger partial charge in [-0.25, -0.2) is 9.78 Å². The van der Waals surface area contributed by atoms with Crippen molar-refractivity contribution in [1.82, 2.24) is 9.97 Å². The molecule has 0 radical (unpaired) electrons. The summed E-state index contributed by atoms with van der Waals surface area (Å²) in [6.07, 6.45) is -4.10. The van der Waals surface area contributed by atoms with E-state index >= 15 is 0 Å². The second-order valence-electron chi connectivity index (χ2n) is 9.36. The van der Waals surface area contributed by atoms with Crippen LogP contribution in [0, 0.1) is 0 Å². The number of hydrogen-bond acceptors (Lipinski definition) is 5. The van der Waals surface area contributed by atoms with Crippen LogP contribution in [0.25, 0.3) is 11.4 Å². The summed E-state index contributed by atoms with van der Waals surface area (Å²) in [4.78, 5) is 20.5. The first-order chi connectivity index (χ1) is 14.6. The number of nitrogens with zero attached hydrogens (tertiary/aromatic N) is 2. The van der Waals surface area contributed by atoms with E-state index in [-0.39, 0.29) is 23.0 Å². The molecule has 1 amide bonds. The lowest BCUT2D eigenvalue weighted by Gasteiger charge is -2.21. The molecule has 0 aliphatic heterocycles. The molecule has 32 heavy (non-hydrogen) atoms. The van der Waals surface area contributed by atoms with Crippen molar-refractivity contribution >= 4 is 31.5 Å². The summed E-state index contributed by atoms with van der Waals surface area (Å²) < 4.78 is 50.7. The molecule has 0 bridgehead atoms. The van der Waals surface area contributed by atoms with Gasteiger partial charge in [-0.1, -0.05) is 37.3 Å². The van der Waals surface area contributed by atoms with Crippen LogP contribution in [0.2, 0.25) is 30.7 Å². The van der Waals surface area contributed by atoms with Crippen LogP contribution in [0.1, 0.15) is 26.3 Å². The predicted octanol–water partition coefficient (Wildman–Crippen LogP) is 6.88. The SMILES string of the molecule is CC(C)(C)OC(=O)Nc1cnc(-c2cccc(C(F)(F)F)c2Cl)nc1OCC[Si](C)(C)C. The number of amides is 1. The Hall–Kier alpha value is -2.33. The van der Waals surface area contributed by atoms with Gasteiger partial charge in [0.2, 0.25) is 5.88 Å². The fourth-order valence-electron chi connectivity index (χ4n) is 2.48. The number of anilines is 1. The van der Waals surface area contributed by atoms with E-state index in [1.165, 1.54) is 18.3 Å². The Balaban J connectivity index is 2.43. The molecule has 1 aromatic carbocycles. The van der Waals surface area contributed by atoms with Crippen LogP contribution < -0.4 is 10.1 Å². The molecule has 0 aliphatic rings. The molecule has 0 saturated heterocycles. The van der Waals surface area contributed by atoms with E-state index < -0.39 is 36.5 Å². The third-order valence-electron chi connectivity index (χ3n) is 4.03. The van der Waals surface area contributed by atoms with Crippen LogP contribution in [0.5, 0.6) is 5.88 Å². The Labute approximate surface area is 191 Å². The van der Waals surface area contributed by atoms with E-state index in [0.29, 0.717) is 6.61 Å². The standard InChI is InChI=1S/C21H27ClF3N3O3Si/c1-20(2,3)31-19(29)27-15-12-26-17(28-18(15)30-10-11-32(4,5)6)13-8-7-9-14(16(13)22)21(23,24)25/h7-9,12H,10-11H2,1-6H3,(H,27,29). The van der Waals surface area contributed by atoms with Gasteiger partial charge in [-0.15, -0.1) is 0 Å². The maximum Gasteiger partial charge on any atom is 0.417 e. The van der Waals surface area contributed by atoms with Crippen molar-refractivity contribution in [3.63, 3.8) is 0 Å². The van der Waals surface area contributed by atoms with Gasteiger partial charge in [-0.05, 0) is 38.9 Å². The second-order valence-corrected chi connectivity index (χ2v) is 15.4. The van der Waals surface area contributed by atoms with Crippen LogP contribution in [0.3, 0.4) is 0 Å². The lowest BCUT2D eigenvalue weighted by Crippen LogP contribution is -2.27. The number of hydrogen-bond donors (Lipinski definition) is 1. The van der Waals surface area contributed by atoms with Crippen molar-refractivity contribution < 1.29 is 27.4 Å². The van der Waals surface area contributed by atoms with Crippen molar-refractivity contribution in [2.24, 2.45) is 0 Å². The Morgan fingerprint density at radius 1 is 1.19 bits per heavy atom. The number of aromatic nitrogens is 2. The third kappa shape index (κ3) is 7.66. The molecular weight excluding hydrogens is 463 g/mol. The van der Waals surface area contributed by atoms with E-state index in [2.05, 4.69) is 34.9 Å². The van der Waals surface area contributed by atoms with E-state index in [1.54, 1.807) is 20.8 Å². The van der Waals surface area contributed by atoms with Gasteiger partial charge >= 0.3 is 12.3 Å². The average Bonchev–Trinajstić information content (AvgIpc) is 2.59. The minimum absolute atomic E-state index is 0.000330. The molecule has 1 heterocycles. The van der Waals surface area contributed by atoms with Crippen molar-refractivity contribution in [3.05, 3.63) is 35.0 Å². The monoisotopic (exact) mass is 489 g/mol. The molecule has 11 heteroatoms. The van der Waals surface area contributed by atoms with Crippen LogP contribution in [0.15, 0.2) is 24.4 Å². The maximum absolute atomic E-state index is 13.2. The highest BCUT2D eigenvalue weighted by Gasteiger charge is 2.34. The Morgan fingerprint density at radius 2 is 1.84 bits per heavy atom. The molecule has 1 N–H and O–H groups in total. The lowest BCUT2D eigenvalue weighted by molar-refractivity contribution is -0.137. The molecule has 176 valence electrons. The van der Waals surface area contributed by atoms with Gasteiger partial charge in [0.05, 0.1) is 23.4 Å². The van der Waals surface area contributed by atoms with Gasteiger partial charge in [0.25, 0.3) is 0 Å². The lowest BCUT2D eigenvalue weighted by atomic mass is 10.1. The van der Waals surface area contributed by atoms with Gasteiger partial charge in [0, 0.05) is 13.6 Å². The highest BCUT2D eigenvalue weighted by molar-refractivity contribution is 6.76. The Kier molecular flexibility index (Phi) is 7.82.